The number of hydrogen-bond acceptors (Lipinski definition) is 6. The summed E-state index contributed by atoms with van der Waals surface area (Å²) in [7, 11) is 1.56. The number of aromatic nitrogens is 3. The van der Waals surface area contributed by atoms with Gasteiger partial charge in [0, 0.05) is 30.9 Å². The Morgan fingerprint density at radius 2 is 1.97 bits per heavy atom. The summed E-state index contributed by atoms with van der Waals surface area (Å²) >= 11 is 0. The van der Waals surface area contributed by atoms with E-state index < -0.39 is 29.2 Å². The summed E-state index contributed by atoms with van der Waals surface area (Å²) in [6.45, 7) is 3.49. The number of nitrogens with two attached hydrogens (primary N) is 2. The molecule has 0 radical (unpaired) electrons. The minimum atomic E-state index is -4.83. The van der Waals surface area contributed by atoms with Crippen molar-refractivity contribution in [1.29, 1.82) is 0 Å². The maximum absolute atomic E-state index is 14.9. The largest absolute Gasteiger partial charge is 0.489 e. The molecule has 0 saturated carbocycles. The SMILES string of the molecule is C=CCOc1cc(F)cc(F)c1-c1c(-c2cc(/C(N)=C(/NN)C(F)(F)F)ccn2)ncn1C. The summed E-state index contributed by atoms with van der Waals surface area (Å²) in [4.78, 5) is 8.34. The van der Waals surface area contributed by atoms with Gasteiger partial charge in [-0.3, -0.25) is 10.8 Å². The summed E-state index contributed by atoms with van der Waals surface area (Å²) in [5.74, 6) is 3.11. The van der Waals surface area contributed by atoms with Crippen LogP contribution in [-0.4, -0.2) is 27.3 Å². The van der Waals surface area contributed by atoms with Gasteiger partial charge >= 0.3 is 6.18 Å². The van der Waals surface area contributed by atoms with Crippen LogP contribution in [0.15, 0.2) is 55.1 Å². The summed E-state index contributed by atoms with van der Waals surface area (Å²) in [6, 6.07) is 4.18. The molecule has 7 nitrogen and oxygen atoms in total. The van der Waals surface area contributed by atoms with Gasteiger partial charge in [-0.2, -0.15) is 13.2 Å². The van der Waals surface area contributed by atoms with Gasteiger partial charge in [-0.25, -0.2) is 13.8 Å². The van der Waals surface area contributed by atoms with E-state index in [4.69, 9.17) is 16.3 Å². The molecule has 1 aromatic carbocycles. The summed E-state index contributed by atoms with van der Waals surface area (Å²) in [5, 5.41) is 0. The Balaban J connectivity index is 2.21. The molecule has 12 heteroatoms. The highest BCUT2D eigenvalue weighted by molar-refractivity contribution is 5.82. The van der Waals surface area contributed by atoms with Crippen LogP contribution in [0.25, 0.3) is 28.3 Å². The zero-order chi connectivity index (χ0) is 24.3. The Kier molecular flexibility index (Phi) is 6.68. The van der Waals surface area contributed by atoms with E-state index in [1.807, 2.05) is 0 Å². The number of aryl methyl sites for hydroxylation is 1. The number of alkyl halides is 3. The fourth-order valence-corrected chi connectivity index (χ4v) is 3.14. The average Bonchev–Trinajstić information content (AvgIpc) is 3.12. The molecule has 2 heterocycles. The van der Waals surface area contributed by atoms with Crippen molar-refractivity contribution in [1.82, 2.24) is 20.0 Å². The van der Waals surface area contributed by atoms with E-state index in [1.165, 1.54) is 35.3 Å². The lowest BCUT2D eigenvalue weighted by Gasteiger charge is -2.15. The van der Waals surface area contributed by atoms with E-state index in [-0.39, 0.29) is 40.6 Å². The Morgan fingerprint density at radius 3 is 2.61 bits per heavy atom. The third-order valence-corrected chi connectivity index (χ3v) is 4.56. The molecular formula is C21H19F5N6O. The summed E-state index contributed by atoms with van der Waals surface area (Å²) < 4.78 is 75.2. The van der Waals surface area contributed by atoms with Gasteiger partial charge in [0.05, 0.1) is 29.0 Å². The van der Waals surface area contributed by atoms with E-state index in [2.05, 4.69) is 16.5 Å². The predicted molar refractivity (Wildman–Crippen MR) is 112 cm³/mol. The van der Waals surface area contributed by atoms with E-state index in [9.17, 15) is 22.0 Å². The topological polar surface area (TPSA) is 104 Å². The molecule has 3 aromatic rings. The molecule has 174 valence electrons. The second-order valence-corrected chi connectivity index (χ2v) is 6.77. The van der Waals surface area contributed by atoms with Crippen LogP contribution in [0.1, 0.15) is 5.56 Å². The normalized spacial score (nSPS) is 12.3. The Bertz CT molecular complexity index is 1220. The second-order valence-electron chi connectivity index (χ2n) is 6.77. The Morgan fingerprint density at radius 1 is 1.24 bits per heavy atom. The van der Waals surface area contributed by atoms with Gasteiger partial charge in [0.2, 0.25) is 0 Å². The van der Waals surface area contributed by atoms with Gasteiger partial charge in [0.15, 0.2) is 5.70 Å². The summed E-state index contributed by atoms with van der Waals surface area (Å²) in [6.07, 6.45) is -0.856. The molecule has 5 N–H and O–H groups in total. The Labute approximate surface area is 185 Å². The molecule has 0 bridgehead atoms. The maximum Gasteiger partial charge on any atom is 0.434 e. The van der Waals surface area contributed by atoms with Gasteiger partial charge in [0.25, 0.3) is 0 Å². The molecule has 0 aliphatic rings. The van der Waals surface area contributed by atoms with Gasteiger partial charge in [-0.05, 0) is 12.1 Å². The summed E-state index contributed by atoms with van der Waals surface area (Å²) in [5.41, 5.74) is 5.43. The number of nitrogens with zero attached hydrogens (tertiary/aromatic N) is 3. The standard InChI is InChI=1S/C21H19F5N6O/c1-3-6-33-15-9-12(22)8-13(23)16(15)19-18(30-10-32(19)2)14-7-11(4-5-29-14)17(27)20(31-28)21(24,25)26/h3-5,7-10,31H,1,6,27-28H2,2H3/b20-17-. The van der Waals surface area contributed by atoms with E-state index >= 15 is 0 Å². The van der Waals surface area contributed by atoms with Crippen molar-refractivity contribution in [2.24, 2.45) is 18.6 Å². The molecule has 0 aliphatic carbocycles. The van der Waals surface area contributed by atoms with Crippen LogP contribution >= 0.6 is 0 Å². The zero-order valence-electron chi connectivity index (χ0n) is 17.3. The van der Waals surface area contributed by atoms with Crippen molar-refractivity contribution in [3.05, 3.63) is 72.3 Å². The first-order valence-corrected chi connectivity index (χ1v) is 9.33. The molecule has 0 unspecified atom stereocenters. The van der Waals surface area contributed by atoms with Crippen LogP contribution in [0, 0.1) is 11.6 Å². The molecule has 0 saturated heterocycles. The third kappa shape index (κ3) is 4.80. The van der Waals surface area contributed by atoms with E-state index in [0.29, 0.717) is 6.07 Å². The molecule has 0 atom stereocenters. The number of allylic oxidation sites excluding steroid dienone is 1. The van der Waals surface area contributed by atoms with E-state index in [1.54, 1.807) is 12.5 Å². The van der Waals surface area contributed by atoms with Crippen molar-refractivity contribution in [2.75, 3.05) is 6.61 Å². The lowest BCUT2D eigenvalue weighted by Crippen LogP contribution is -2.34. The molecular weight excluding hydrogens is 447 g/mol. The molecule has 0 spiro atoms. The van der Waals surface area contributed by atoms with Gasteiger partial charge < -0.3 is 20.5 Å². The number of nitrogens with one attached hydrogen (secondary N) is 1. The number of ether oxygens (including phenoxy) is 1. The van der Waals surface area contributed by atoms with Crippen LogP contribution in [0.3, 0.4) is 0 Å². The van der Waals surface area contributed by atoms with Crippen molar-refractivity contribution >= 4 is 5.70 Å². The number of imidazole rings is 1. The van der Waals surface area contributed by atoms with Gasteiger partial charge in [-0.15, -0.1) is 0 Å². The van der Waals surface area contributed by atoms with Crippen molar-refractivity contribution < 1.29 is 26.7 Å². The van der Waals surface area contributed by atoms with Crippen LogP contribution in [0.5, 0.6) is 5.75 Å². The first-order chi connectivity index (χ1) is 15.6. The molecule has 3 rings (SSSR count). The number of pyridine rings is 1. The van der Waals surface area contributed by atoms with Crippen LogP contribution < -0.4 is 21.7 Å². The Hall–Kier alpha value is -3.93. The molecule has 2 aromatic heterocycles. The lowest BCUT2D eigenvalue weighted by molar-refractivity contribution is -0.0961. The molecule has 33 heavy (non-hydrogen) atoms. The van der Waals surface area contributed by atoms with Gasteiger partial charge in [0.1, 0.15) is 29.7 Å². The fraction of sp³-hybridized carbons (Fsp3) is 0.143. The first kappa shape index (κ1) is 23.7. The van der Waals surface area contributed by atoms with Crippen LogP contribution in [0.2, 0.25) is 0 Å². The lowest BCUT2D eigenvalue weighted by atomic mass is 10.0. The quantitative estimate of drug-likeness (QED) is 0.213. The second kappa shape index (κ2) is 9.28. The number of halogens is 5. The third-order valence-electron chi connectivity index (χ3n) is 4.56. The minimum absolute atomic E-state index is 0.0234. The molecule has 0 aliphatic heterocycles. The van der Waals surface area contributed by atoms with Crippen LogP contribution in [0.4, 0.5) is 22.0 Å². The fourth-order valence-electron chi connectivity index (χ4n) is 3.14. The monoisotopic (exact) mass is 466 g/mol. The minimum Gasteiger partial charge on any atom is -0.489 e. The predicted octanol–water partition coefficient (Wildman–Crippen LogP) is 3.65. The maximum atomic E-state index is 14.9. The number of hydrogen-bond donors (Lipinski definition) is 3. The average molecular weight is 466 g/mol. The van der Waals surface area contributed by atoms with Gasteiger partial charge in [-0.1, -0.05) is 12.7 Å². The first-order valence-electron chi connectivity index (χ1n) is 9.33. The van der Waals surface area contributed by atoms with E-state index in [0.717, 1.165) is 6.07 Å². The zero-order valence-corrected chi connectivity index (χ0v) is 17.3. The highest BCUT2D eigenvalue weighted by Crippen LogP contribution is 2.39. The highest BCUT2D eigenvalue weighted by atomic mass is 19.4. The van der Waals surface area contributed by atoms with Crippen molar-refractivity contribution in [2.45, 2.75) is 6.18 Å². The number of rotatable bonds is 7. The van der Waals surface area contributed by atoms with Crippen LogP contribution in [-0.2, 0) is 7.05 Å². The van der Waals surface area contributed by atoms with Crippen molar-refractivity contribution in [3.8, 4) is 28.4 Å². The van der Waals surface area contributed by atoms with Crippen molar-refractivity contribution in [3.63, 3.8) is 0 Å². The highest BCUT2D eigenvalue weighted by Gasteiger charge is 2.36. The molecule has 0 fully saturated rings. The molecule has 0 amide bonds. The number of benzene rings is 1. The smallest absolute Gasteiger partial charge is 0.434 e. The number of hydrazine groups is 1.